The second kappa shape index (κ2) is 5.54. The maximum Gasteiger partial charge on any atom is 0.134 e. The van der Waals surface area contributed by atoms with Crippen LogP contribution in [0.2, 0.25) is 5.02 Å². The maximum atomic E-state index is 5.85. The van der Waals surface area contributed by atoms with Crippen LogP contribution in [0.15, 0.2) is 38.6 Å². The lowest BCUT2D eigenvalue weighted by atomic mass is 10.3. The van der Waals surface area contributed by atoms with E-state index < -0.39 is 0 Å². The number of benzene rings is 1. The van der Waals surface area contributed by atoms with E-state index in [1.54, 1.807) is 11.3 Å². The molecule has 1 heterocycles. The molecule has 84 valence electrons. The Morgan fingerprint density at radius 2 is 2.00 bits per heavy atom. The SMILES string of the molecule is Clc1ccc(OCc2sccc2Br)c(Br)c1. The summed E-state index contributed by atoms with van der Waals surface area (Å²) < 4.78 is 7.65. The van der Waals surface area contributed by atoms with Gasteiger partial charge in [0.2, 0.25) is 0 Å². The predicted molar refractivity (Wildman–Crippen MR) is 75.5 cm³/mol. The Balaban J connectivity index is 2.08. The molecule has 0 aliphatic carbocycles. The lowest BCUT2D eigenvalue weighted by molar-refractivity contribution is 0.307. The fourth-order valence-electron chi connectivity index (χ4n) is 1.16. The second-order valence-corrected chi connectivity index (χ2v) is 6.20. The zero-order chi connectivity index (χ0) is 11.5. The molecule has 0 saturated carbocycles. The van der Waals surface area contributed by atoms with Gasteiger partial charge in [0.1, 0.15) is 12.4 Å². The highest BCUT2D eigenvalue weighted by atomic mass is 79.9. The molecule has 5 heteroatoms. The number of rotatable bonds is 3. The largest absolute Gasteiger partial charge is 0.487 e. The quantitative estimate of drug-likeness (QED) is 0.681. The van der Waals surface area contributed by atoms with Gasteiger partial charge in [-0.1, -0.05) is 11.6 Å². The van der Waals surface area contributed by atoms with Crippen molar-refractivity contribution >= 4 is 54.8 Å². The fourth-order valence-corrected chi connectivity index (χ4v) is 3.34. The van der Waals surface area contributed by atoms with Crippen molar-refractivity contribution in [3.63, 3.8) is 0 Å². The van der Waals surface area contributed by atoms with Gasteiger partial charge in [0.05, 0.1) is 9.35 Å². The Kier molecular flexibility index (Phi) is 4.30. The Bertz CT molecular complexity index is 498. The third kappa shape index (κ3) is 3.00. The minimum absolute atomic E-state index is 0.554. The Labute approximate surface area is 120 Å². The van der Waals surface area contributed by atoms with Crippen molar-refractivity contribution in [1.29, 1.82) is 0 Å². The van der Waals surface area contributed by atoms with Crippen molar-refractivity contribution in [2.45, 2.75) is 6.61 Å². The predicted octanol–water partition coefficient (Wildman–Crippen LogP) is 5.51. The van der Waals surface area contributed by atoms with Gasteiger partial charge in [-0.2, -0.15) is 0 Å². The minimum Gasteiger partial charge on any atom is -0.487 e. The molecule has 16 heavy (non-hydrogen) atoms. The lowest BCUT2D eigenvalue weighted by Crippen LogP contribution is -1.94. The summed E-state index contributed by atoms with van der Waals surface area (Å²) in [5.74, 6) is 0.796. The molecule has 0 N–H and O–H groups in total. The Morgan fingerprint density at radius 3 is 2.62 bits per heavy atom. The van der Waals surface area contributed by atoms with Crippen molar-refractivity contribution in [3.8, 4) is 5.75 Å². The first-order chi connectivity index (χ1) is 7.66. The molecule has 0 fully saturated rings. The summed E-state index contributed by atoms with van der Waals surface area (Å²) in [6, 6.07) is 7.50. The third-order valence-electron chi connectivity index (χ3n) is 1.94. The Morgan fingerprint density at radius 1 is 1.19 bits per heavy atom. The summed E-state index contributed by atoms with van der Waals surface area (Å²) in [5.41, 5.74) is 0. The van der Waals surface area contributed by atoms with Crippen molar-refractivity contribution in [2.24, 2.45) is 0 Å². The van der Waals surface area contributed by atoms with E-state index in [1.807, 2.05) is 29.6 Å². The molecule has 2 aromatic rings. The van der Waals surface area contributed by atoms with E-state index in [2.05, 4.69) is 31.9 Å². The molecule has 1 aromatic carbocycles. The summed E-state index contributed by atoms with van der Waals surface area (Å²) >= 11 is 14.4. The summed E-state index contributed by atoms with van der Waals surface area (Å²) in [5, 5.41) is 2.72. The molecule has 0 aliphatic rings. The Hall–Kier alpha value is -0.0300. The average molecular weight is 383 g/mol. The number of hydrogen-bond acceptors (Lipinski definition) is 2. The molecule has 0 atom stereocenters. The standard InChI is InChI=1S/C11H7Br2ClOS/c12-8-3-4-16-11(8)6-15-10-2-1-7(14)5-9(10)13/h1-5H,6H2. The zero-order valence-corrected chi connectivity index (χ0v) is 12.8. The van der Waals surface area contributed by atoms with Gasteiger partial charge in [-0.05, 0) is 61.5 Å². The lowest BCUT2D eigenvalue weighted by Gasteiger charge is -2.07. The van der Waals surface area contributed by atoms with Gasteiger partial charge < -0.3 is 4.74 Å². The number of thiophene rings is 1. The summed E-state index contributed by atoms with van der Waals surface area (Å²) in [6.45, 7) is 0.554. The fraction of sp³-hybridized carbons (Fsp3) is 0.0909. The highest BCUT2D eigenvalue weighted by Crippen LogP contribution is 2.30. The van der Waals surface area contributed by atoms with Gasteiger partial charge in [-0.25, -0.2) is 0 Å². The van der Waals surface area contributed by atoms with E-state index in [1.165, 1.54) is 4.88 Å². The molecule has 2 rings (SSSR count). The molecule has 1 nitrogen and oxygen atoms in total. The monoisotopic (exact) mass is 380 g/mol. The summed E-state index contributed by atoms with van der Waals surface area (Å²) in [6.07, 6.45) is 0. The van der Waals surface area contributed by atoms with Crippen LogP contribution >= 0.6 is 54.8 Å². The van der Waals surface area contributed by atoms with Crippen molar-refractivity contribution in [1.82, 2.24) is 0 Å². The highest BCUT2D eigenvalue weighted by molar-refractivity contribution is 9.10. The number of halogens is 3. The minimum atomic E-state index is 0.554. The molecule has 0 bridgehead atoms. The van der Waals surface area contributed by atoms with Gasteiger partial charge in [0, 0.05) is 9.50 Å². The third-order valence-corrected chi connectivity index (χ3v) is 4.70. The van der Waals surface area contributed by atoms with E-state index in [9.17, 15) is 0 Å². The second-order valence-electron chi connectivity index (χ2n) is 3.06. The molecule has 0 unspecified atom stereocenters. The molecule has 0 spiro atoms. The zero-order valence-electron chi connectivity index (χ0n) is 8.04. The summed E-state index contributed by atoms with van der Waals surface area (Å²) in [7, 11) is 0. The van der Waals surface area contributed by atoms with E-state index in [4.69, 9.17) is 16.3 Å². The molecule has 0 saturated heterocycles. The molecule has 0 radical (unpaired) electrons. The van der Waals surface area contributed by atoms with Gasteiger partial charge in [-0.15, -0.1) is 11.3 Å². The van der Waals surface area contributed by atoms with Crippen LogP contribution < -0.4 is 4.74 Å². The summed E-state index contributed by atoms with van der Waals surface area (Å²) in [4.78, 5) is 1.17. The molecule has 0 aliphatic heterocycles. The van der Waals surface area contributed by atoms with Crippen LogP contribution in [0, 0.1) is 0 Å². The van der Waals surface area contributed by atoms with Crippen molar-refractivity contribution in [3.05, 3.63) is 48.5 Å². The highest BCUT2D eigenvalue weighted by Gasteiger charge is 2.05. The van der Waals surface area contributed by atoms with Crippen LogP contribution in [-0.2, 0) is 6.61 Å². The van der Waals surface area contributed by atoms with Crippen LogP contribution in [0.3, 0.4) is 0 Å². The molecular weight excluding hydrogens is 375 g/mol. The first-order valence-corrected chi connectivity index (χ1v) is 7.31. The van der Waals surface area contributed by atoms with E-state index in [-0.39, 0.29) is 0 Å². The topological polar surface area (TPSA) is 9.23 Å². The maximum absolute atomic E-state index is 5.85. The smallest absolute Gasteiger partial charge is 0.134 e. The first-order valence-electron chi connectivity index (χ1n) is 4.46. The van der Waals surface area contributed by atoms with Gasteiger partial charge in [0.25, 0.3) is 0 Å². The van der Waals surface area contributed by atoms with Crippen molar-refractivity contribution in [2.75, 3.05) is 0 Å². The average Bonchev–Trinajstić information content (AvgIpc) is 2.63. The van der Waals surface area contributed by atoms with Crippen LogP contribution in [0.5, 0.6) is 5.75 Å². The van der Waals surface area contributed by atoms with E-state index >= 15 is 0 Å². The van der Waals surface area contributed by atoms with Crippen LogP contribution in [0.25, 0.3) is 0 Å². The van der Waals surface area contributed by atoms with Gasteiger partial charge >= 0.3 is 0 Å². The van der Waals surface area contributed by atoms with Gasteiger partial charge in [-0.3, -0.25) is 0 Å². The van der Waals surface area contributed by atoms with Gasteiger partial charge in [0.15, 0.2) is 0 Å². The normalized spacial score (nSPS) is 10.4. The molecular formula is C11H7Br2ClOS. The molecule has 0 amide bonds. The van der Waals surface area contributed by atoms with Crippen LogP contribution in [0.1, 0.15) is 4.88 Å². The molecule has 1 aromatic heterocycles. The van der Waals surface area contributed by atoms with Crippen LogP contribution in [0.4, 0.5) is 0 Å². The first kappa shape index (κ1) is 12.4. The van der Waals surface area contributed by atoms with E-state index in [0.29, 0.717) is 11.6 Å². The van der Waals surface area contributed by atoms with E-state index in [0.717, 1.165) is 14.7 Å². The van der Waals surface area contributed by atoms with Crippen LogP contribution in [-0.4, -0.2) is 0 Å². The van der Waals surface area contributed by atoms with Crippen molar-refractivity contribution < 1.29 is 4.74 Å². The number of ether oxygens (including phenoxy) is 1. The number of hydrogen-bond donors (Lipinski definition) is 0.